The van der Waals surface area contributed by atoms with Gasteiger partial charge < -0.3 is 10.6 Å². The summed E-state index contributed by atoms with van der Waals surface area (Å²) in [5.41, 5.74) is 0.351. The van der Waals surface area contributed by atoms with Gasteiger partial charge in [0.15, 0.2) is 0 Å². The van der Waals surface area contributed by atoms with Crippen LogP contribution in [-0.4, -0.2) is 33.5 Å². The number of halogens is 1. The van der Waals surface area contributed by atoms with Gasteiger partial charge in [-0.3, -0.25) is 4.79 Å². The SMILES string of the molecule is Cl.O=C(N[C@H]1CCCNC1)c1cccc(S(=O)(=O)NCc2cccs2)c1. The molecule has 1 amide bonds. The number of nitrogens with one attached hydrogen (secondary N) is 3. The molecule has 3 rings (SSSR count). The molecular weight excluding hydrogens is 394 g/mol. The lowest BCUT2D eigenvalue weighted by molar-refractivity contribution is 0.0930. The zero-order valence-corrected chi connectivity index (χ0v) is 16.6. The van der Waals surface area contributed by atoms with Crippen LogP contribution in [0.2, 0.25) is 0 Å². The number of hydrogen-bond donors (Lipinski definition) is 3. The van der Waals surface area contributed by atoms with Gasteiger partial charge in [-0.15, -0.1) is 23.7 Å². The third-order valence-electron chi connectivity index (χ3n) is 4.06. The Kier molecular flexibility index (Phi) is 7.60. The van der Waals surface area contributed by atoms with Crippen LogP contribution in [0.3, 0.4) is 0 Å². The van der Waals surface area contributed by atoms with E-state index in [2.05, 4.69) is 15.4 Å². The summed E-state index contributed by atoms with van der Waals surface area (Å²) in [7, 11) is -3.66. The van der Waals surface area contributed by atoms with Crippen LogP contribution < -0.4 is 15.4 Å². The molecular formula is C17H22ClN3O3S2. The summed E-state index contributed by atoms with van der Waals surface area (Å²) in [6.45, 7) is 1.95. The maximum Gasteiger partial charge on any atom is 0.251 e. The minimum atomic E-state index is -3.66. The summed E-state index contributed by atoms with van der Waals surface area (Å²) in [4.78, 5) is 13.4. The Bertz CT molecular complexity index is 820. The van der Waals surface area contributed by atoms with Crippen LogP contribution in [-0.2, 0) is 16.6 Å². The van der Waals surface area contributed by atoms with Crippen molar-refractivity contribution in [3.63, 3.8) is 0 Å². The second kappa shape index (κ2) is 9.48. The quantitative estimate of drug-likeness (QED) is 0.674. The molecule has 1 saturated heterocycles. The Hall–Kier alpha value is -1.45. The van der Waals surface area contributed by atoms with E-state index in [1.165, 1.54) is 23.5 Å². The molecule has 26 heavy (non-hydrogen) atoms. The van der Waals surface area contributed by atoms with E-state index in [-0.39, 0.29) is 35.8 Å². The number of hydrogen-bond acceptors (Lipinski definition) is 5. The Morgan fingerprint density at radius 1 is 1.27 bits per heavy atom. The Balaban J connectivity index is 0.00000243. The van der Waals surface area contributed by atoms with Gasteiger partial charge >= 0.3 is 0 Å². The van der Waals surface area contributed by atoms with Gasteiger partial charge in [0.05, 0.1) is 4.90 Å². The van der Waals surface area contributed by atoms with Gasteiger partial charge in [0.1, 0.15) is 0 Å². The Morgan fingerprint density at radius 2 is 2.12 bits per heavy atom. The second-order valence-corrected chi connectivity index (χ2v) is 8.75. The van der Waals surface area contributed by atoms with E-state index < -0.39 is 10.0 Å². The van der Waals surface area contributed by atoms with Gasteiger partial charge in [0, 0.05) is 29.6 Å². The zero-order valence-electron chi connectivity index (χ0n) is 14.1. The van der Waals surface area contributed by atoms with Crippen molar-refractivity contribution < 1.29 is 13.2 Å². The number of rotatable bonds is 6. The highest BCUT2D eigenvalue weighted by atomic mass is 35.5. The van der Waals surface area contributed by atoms with E-state index in [4.69, 9.17) is 0 Å². The molecule has 0 bridgehead atoms. The molecule has 3 N–H and O–H groups in total. The topological polar surface area (TPSA) is 87.3 Å². The number of benzene rings is 1. The molecule has 2 heterocycles. The number of piperidine rings is 1. The van der Waals surface area contributed by atoms with Crippen molar-refractivity contribution in [2.75, 3.05) is 13.1 Å². The third kappa shape index (κ3) is 5.52. The van der Waals surface area contributed by atoms with Crippen LogP contribution >= 0.6 is 23.7 Å². The van der Waals surface area contributed by atoms with E-state index in [1.54, 1.807) is 12.1 Å². The van der Waals surface area contributed by atoms with Gasteiger partial charge in [-0.2, -0.15) is 0 Å². The number of carbonyl (C=O) groups excluding carboxylic acids is 1. The van der Waals surface area contributed by atoms with Crippen molar-refractivity contribution >= 4 is 39.7 Å². The molecule has 2 aromatic rings. The first kappa shape index (κ1) is 20.9. The maximum atomic E-state index is 12.4. The first-order valence-electron chi connectivity index (χ1n) is 8.18. The zero-order chi connectivity index (χ0) is 17.7. The van der Waals surface area contributed by atoms with Crippen molar-refractivity contribution in [2.45, 2.75) is 30.3 Å². The number of amides is 1. The Labute approximate surface area is 163 Å². The van der Waals surface area contributed by atoms with Crippen LogP contribution in [0.25, 0.3) is 0 Å². The van der Waals surface area contributed by atoms with E-state index in [0.717, 1.165) is 30.8 Å². The summed E-state index contributed by atoms with van der Waals surface area (Å²) in [6, 6.07) is 9.96. The molecule has 0 aliphatic carbocycles. The van der Waals surface area contributed by atoms with Crippen LogP contribution in [0.4, 0.5) is 0 Å². The molecule has 1 aromatic carbocycles. The lowest BCUT2D eigenvalue weighted by Gasteiger charge is -2.23. The predicted octanol–water partition coefficient (Wildman–Crippen LogP) is 2.13. The Morgan fingerprint density at radius 3 is 2.81 bits per heavy atom. The molecule has 1 aromatic heterocycles. The fraction of sp³-hybridized carbons (Fsp3) is 0.353. The smallest absolute Gasteiger partial charge is 0.251 e. The highest BCUT2D eigenvalue weighted by molar-refractivity contribution is 7.89. The first-order valence-corrected chi connectivity index (χ1v) is 10.5. The average Bonchev–Trinajstić information content (AvgIpc) is 3.15. The van der Waals surface area contributed by atoms with Crippen molar-refractivity contribution in [3.8, 4) is 0 Å². The van der Waals surface area contributed by atoms with Gasteiger partial charge in [-0.25, -0.2) is 13.1 Å². The monoisotopic (exact) mass is 415 g/mol. The van der Waals surface area contributed by atoms with Gasteiger partial charge in [0.2, 0.25) is 10.0 Å². The molecule has 9 heteroatoms. The standard InChI is InChI=1S/C17H21N3O3S2.ClH/c21-17(20-14-5-2-8-18-11-14)13-4-1-7-16(10-13)25(22,23)19-12-15-6-3-9-24-15;/h1,3-4,6-7,9-10,14,18-19H,2,5,8,11-12H2,(H,20,21);1H/t14-;/m0./s1. The molecule has 0 radical (unpaired) electrons. The molecule has 1 aliphatic rings. The lowest BCUT2D eigenvalue weighted by atomic mass is 10.1. The molecule has 1 fully saturated rings. The summed E-state index contributed by atoms with van der Waals surface area (Å²) >= 11 is 1.49. The molecule has 1 atom stereocenters. The summed E-state index contributed by atoms with van der Waals surface area (Å²) in [5, 5.41) is 8.09. The van der Waals surface area contributed by atoms with Crippen molar-refractivity contribution in [1.82, 2.24) is 15.4 Å². The molecule has 1 aliphatic heterocycles. The van der Waals surface area contributed by atoms with Gasteiger partial charge in [0.25, 0.3) is 5.91 Å². The normalized spacial score (nSPS) is 17.3. The predicted molar refractivity (Wildman–Crippen MR) is 105 cm³/mol. The molecule has 0 saturated carbocycles. The molecule has 0 spiro atoms. The average molecular weight is 416 g/mol. The second-order valence-electron chi connectivity index (χ2n) is 5.95. The van der Waals surface area contributed by atoms with Crippen molar-refractivity contribution in [3.05, 3.63) is 52.2 Å². The van der Waals surface area contributed by atoms with Crippen LogP contribution in [0, 0.1) is 0 Å². The summed E-state index contributed by atoms with van der Waals surface area (Å²) in [6.07, 6.45) is 1.95. The molecule has 0 unspecified atom stereocenters. The minimum absolute atomic E-state index is 0. The summed E-state index contributed by atoms with van der Waals surface area (Å²) < 4.78 is 27.5. The minimum Gasteiger partial charge on any atom is -0.348 e. The number of thiophene rings is 1. The van der Waals surface area contributed by atoms with Gasteiger partial charge in [-0.1, -0.05) is 12.1 Å². The third-order valence-corrected chi connectivity index (χ3v) is 6.33. The molecule has 6 nitrogen and oxygen atoms in total. The fourth-order valence-corrected chi connectivity index (χ4v) is 4.50. The largest absolute Gasteiger partial charge is 0.348 e. The van der Waals surface area contributed by atoms with Crippen molar-refractivity contribution in [2.24, 2.45) is 0 Å². The number of carbonyl (C=O) groups is 1. The number of sulfonamides is 1. The highest BCUT2D eigenvalue weighted by Gasteiger charge is 2.19. The van der Waals surface area contributed by atoms with Crippen LogP contribution in [0.5, 0.6) is 0 Å². The van der Waals surface area contributed by atoms with E-state index >= 15 is 0 Å². The van der Waals surface area contributed by atoms with Crippen molar-refractivity contribution in [1.29, 1.82) is 0 Å². The van der Waals surface area contributed by atoms with E-state index in [9.17, 15) is 13.2 Å². The van der Waals surface area contributed by atoms with Crippen LogP contribution in [0.1, 0.15) is 28.1 Å². The highest BCUT2D eigenvalue weighted by Crippen LogP contribution is 2.14. The van der Waals surface area contributed by atoms with Crippen LogP contribution in [0.15, 0.2) is 46.7 Å². The maximum absolute atomic E-state index is 12.4. The first-order chi connectivity index (χ1) is 12.0. The fourth-order valence-electron chi connectivity index (χ4n) is 2.71. The van der Waals surface area contributed by atoms with Gasteiger partial charge in [-0.05, 0) is 49.0 Å². The summed E-state index contributed by atoms with van der Waals surface area (Å²) in [5.74, 6) is -0.246. The van der Waals surface area contributed by atoms with E-state index in [0.29, 0.717) is 5.56 Å². The molecule has 142 valence electrons. The van der Waals surface area contributed by atoms with E-state index in [1.807, 2.05) is 17.5 Å². The lowest BCUT2D eigenvalue weighted by Crippen LogP contribution is -2.45.